The summed E-state index contributed by atoms with van der Waals surface area (Å²) in [5, 5.41) is 0.735. The summed E-state index contributed by atoms with van der Waals surface area (Å²) in [6.07, 6.45) is 7.59. The highest BCUT2D eigenvalue weighted by Crippen LogP contribution is 2.22. The van der Waals surface area contributed by atoms with Gasteiger partial charge >= 0.3 is 0 Å². The van der Waals surface area contributed by atoms with Gasteiger partial charge in [0.05, 0.1) is 0 Å². The molecule has 1 aliphatic heterocycles. The number of rotatable bonds is 4. The number of hydrogen-bond donors (Lipinski definition) is 0. The minimum atomic E-state index is 0.735. The van der Waals surface area contributed by atoms with Gasteiger partial charge in [-0.3, -0.25) is 14.5 Å². The number of aromatic nitrogens is 3. The molecule has 0 N–H and O–H groups in total. The number of piperazine rings is 1. The molecule has 128 valence electrons. The first-order valence-electron chi connectivity index (χ1n) is 8.45. The first kappa shape index (κ1) is 16.1. The smallest absolute Gasteiger partial charge is 0.210 e. The van der Waals surface area contributed by atoms with Gasteiger partial charge in [-0.25, -0.2) is 4.98 Å². The molecule has 0 aliphatic carbocycles. The summed E-state index contributed by atoms with van der Waals surface area (Å²) < 4.78 is 2.10. The van der Waals surface area contributed by atoms with Gasteiger partial charge in [0.1, 0.15) is 0 Å². The average Bonchev–Trinajstić information content (AvgIpc) is 3.13. The summed E-state index contributed by atoms with van der Waals surface area (Å²) in [6.45, 7) is 4.88. The quantitative estimate of drug-likeness (QED) is 0.721. The molecule has 0 bridgehead atoms. The minimum Gasteiger partial charge on any atom is -0.339 e. The molecule has 25 heavy (non-hydrogen) atoms. The second kappa shape index (κ2) is 7.25. The van der Waals surface area contributed by atoms with E-state index in [2.05, 4.69) is 36.5 Å². The van der Waals surface area contributed by atoms with E-state index >= 15 is 0 Å². The Labute approximate surface area is 152 Å². The molecule has 1 aliphatic rings. The summed E-state index contributed by atoms with van der Waals surface area (Å²) in [6, 6.07) is 12.0. The van der Waals surface area contributed by atoms with Crippen molar-refractivity contribution in [2.45, 2.75) is 6.54 Å². The van der Waals surface area contributed by atoms with Crippen LogP contribution in [0, 0.1) is 0 Å². The van der Waals surface area contributed by atoms with Crippen LogP contribution in [0.4, 0.5) is 5.95 Å². The highest BCUT2D eigenvalue weighted by atomic mass is 35.5. The van der Waals surface area contributed by atoms with Crippen molar-refractivity contribution >= 4 is 17.5 Å². The average molecular weight is 354 g/mol. The van der Waals surface area contributed by atoms with Gasteiger partial charge in [-0.1, -0.05) is 23.7 Å². The van der Waals surface area contributed by atoms with Crippen molar-refractivity contribution in [2.75, 3.05) is 31.1 Å². The molecule has 2 aromatic heterocycles. The first-order chi connectivity index (χ1) is 12.3. The van der Waals surface area contributed by atoms with Crippen LogP contribution in [-0.4, -0.2) is 45.6 Å². The molecule has 0 saturated carbocycles. The maximum atomic E-state index is 6.14. The second-order valence-corrected chi connectivity index (χ2v) is 6.64. The van der Waals surface area contributed by atoms with Crippen molar-refractivity contribution in [3.63, 3.8) is 0 Å². The number of nitrogens with zero attached hydrogens (tertiary/aromatic N) is 5. The Morgan fingerprint density at radius 3 is 2.64 bits per heavy atom. The van der Waals surface area contributed by atoms with Gasteiger partial charge in [-0.05, 0) is 29.8 Å². The molecule has 0 amide bonds. The van der Waals surface area contributed by atoms with Crippen molar-refractivity contribution in [1.82, 2.24) is 19.4 Å². The lowest BCUT2D eigenvalue weighted by Gasteiger charge is -2.35. The molecule has 0 unspecified atom stereocenters. The van der Waals surface area contributed by atoms with Crippen LogP contribution in [0.5, 0.6) is 0 Å². The lowest BCUT2D eigenvalue weighted by Crippen LogP contribution is -2.46. The summed E-state index contributed by atoms with van der Waals surface area (Å²) in [5.74, 6) is 0.975. The molecule has 1 saturated heterocycles. The van der Waals surface area contributed by atoms with E-state index in [1.54, 1.807) is 0 Å². The number of hydrogen-bond acceptors (Lipinski definition) is 4. The molecule has 1 aromatic carbocycles. The molecule has 5 nitrogen and oxygen atoms in total. The molecule has 0 radical (unpaired) electrons. The second-order valence-electron chi connectivity index (χ2n) is 6.20. The van der Waals surface area contributed by atoms with Crippen molar-refractivity contribution in [1.29, 1.82) is 0 Å². The predicted octanol–water partition coefficient (Wildman–Crippen LogP) is 3.24. The predicted molar refractivity (Wildman–Crippen MR) is 100 cm³/mol. The number of benzene rings is 1. The Balaban J connectivity index is 1.44. The highest BCUT2D eigenvalue weighted by molar-refractivity contribution is 6.30. The monoisotopic (exact) mass is 353 g/mol. The molecule has 3 heterocycles. The Bertz CT molecular complexity index is 825. The SMILES string of the molecule is Clc1cccc(-n2ccnc2N2CCN(Cc3cccnc3)CC2)c1. The van der Waals surface area contributed by atoms with E-state index in [1.165, 1.54) is 5.56 Å². The summed E-state index contributed by atoms with van der Waals surface area (Å²) in [5.41, 5.74) is 2.30. The molecule has 1 fully saturated rings. The van der Waals surface area contributed by atoms with Crippen LogP contribution < -0.4 is 4.90 Å². The van der Waals surface area contributed by atoms with E-state index in [0.29, 0.717) is 0 Å². The van der Waals surface area contributed by atoms with Crippen LogP contribution in [-0.2, 0) is 6.54 Å². The van der Waals surface area contributed by atoms with Gasteiger partial charge in [0.2, 0.25) is 5.95 Å². The van der Waals surface area contributed by atoms with Gasteiger partial charge < -0.3 is 4.90 Å². The third kappa shape index (κ3) is 3.67. The highest BCUT2D eigenvalue weighted by Gasteiger charge is 2.21. The van der Waals surface area contributed by atoms with Crippen LogP contribution in [0.3, 0.4) is 0 Å². The molecule has 4 rings (SSSR count). The first-order valence-corrected chi connectivity index (χ1v) is 8.83. The van der Waals surface area contributed by atoms with Crippen LogP contribution in [0.15, 0.2) is 61.2 Å². The third-order valence-corrected chi connectivity index (χ3v) is 4.73. The van der Waals surface area contributed by atoms with E-state index in [4.69, 9.17) is 11.6 Å². The van der Waals surface area contributed by atoms with Crippen LogP contribution >= 0.6 is 11.6 Å². The number of pyridine rings is 1. The Morgan fingerprint density at radius 1 is 1.00 bits per heavy atom. The lowest BCUT2D eigenvalue weighted by atomic mass is 10.2. The summed E-state index contributed by atoms with van der Waals surface area (Å²) in [7, 11) is 0. The van der Waals surface area contributed by atoms with E-state index in [1.807, 2.05) is 49.1 Å². The molecular formula is C19H20ClN5. The van der Waals surface area contributed by atoms with Crippen LogP contribution in [0.25, 0.3) is 5.69 Å². The number of halogens is 1. The zero-order valence-corrected chi connectivity index (χ0v) is 14.7. The molecular weight excluding hydrogens is 334 g/mol. The summed E-state index contributed by atoms with van der Waals surface area (Å²) in [4.78, 5) is 13.6. The lowest BCUT2D eigenvalue weighted by molar-refractivity contribution is 0.248. The van der Waals surface area contributed by atoms with Gasteiger partial charge in [0.25, 0.3) is 0 Å². The van der Waals surface area contributed by atoms with Crippen LogP contribution in [0.1, 0.15) is 5.56 Å². The van der Waals surface area contributed by atoms with Crippen molar-refractivity contribution < 1.29 is 0 Å². The van der Waals surface area contributed by atoms with Crippen molar-refractivity contribution in [2.24, 2.45) is 0 Å². The van der Waals surface area contributed by atoms with Crippen LogP contribution in [0.2, 0.25) is 5.02 Å². The van der Waals surface area contributed by atoms with Gasteiger partial charge in [0.15, 0.2) is 0 Å². The Kier molecular flexibility index (Phi) is 4.68. The van der Waals surface area contributed by atoms with Gasteiger partial charge in [0, 0.05) is 68.2 Å². The molecule has 6 heteroatoms. The Hall–Kier alpha value is -2.37. The molecule has 0 atom stereocenters. The largest absolute Gasteiger partial charge is 0.339 e. The maximum Gasteiger partial charge on any atom is 0.210 e. The molecule has 0 spiro atoms. The fourth-order valence-corrected chi connectivity index (χ4v) is 3.40. The fraction of sp³-hybridized carbons (Fsp3) is 0.263. The van der Waals surface area contributed by atoms with E-state index in [9.17, 15) is 0 Å². The van der Waals surface area contributed by atoms with Crippen molar-refractivity contribution in [3.05, 3.63) is 71.8 Å². The minimum absolute atomic E-state index is 0.735. The zero-order valence-electron chi connectivity index (χ0n) is 13.9. The van der Waals surface area contributed by atoms with Crippen molar-refractivity contribution in [3.8, 4) is 5.69 Å². The Morgan fingerprint density at radius 2 is 1.88 bits per heavy atom. The summed E-state index contributed by atoms with van der Waals surface area (Å²) >= 11 is 6.14. The molecule has 3 aromatic rings. The van der Waals surface area contributed by atoms with E-state index in [-0.39, 0.29) is 0 Å². The number of imidazole rings is 1. The topological polar surface area (TPSA) is 37.2 Å². The fourth-order valence-electron chi connectivity index (χ4n) is 3.21. The maximum absolute atomic E-state index is 6.14. The van der Waals surface area contributed by atoms with E-state index in [0.717, 1.165) is 49.4 Å². The van der Waals surface area contributed by atoms with Gasteiger partial charge in [-0.2, -0.15) is 0 Å². The van der Waals surface area contributed by atoms with E-state index < -0.39 is 0 Å². The number of anilines is 1. The normalized spacial score (nSPS) is 15.5. The zero-order chi connectivity index (χ0) is 17.1. The van der Waals surface area contributed by atoms with Gasteiger partial charge in [-0.15, -0.1) is 0 Å². The third-order valence-electron chi connectivity index (χ3n) is 4.49. The standard InChI is InChI=1S/C19H20ClN5/c20-17-4-1-5-18(13-17)25-8-7-22-19(25)24-11-9-23(10-12-24)15-16-3-2-6-21-14-16/h1-8,13-14H,9-12,15H2.